The Balaban J connectivity index is 1.33. The van der Waals surface area contributed by atoms with Gasteiger partial charge in [-0.05, 0) is 69.9 Å². The lowest BCUT2D eigenvalue weighted by Crippen LogP contribution is -2.38. The molecule has 2 aliphatic rings. The van der Waals surface area contributed by atoms with Crippen LogP contribution in [-0.4, -0.2) is 55.6 Å². The maximum atomic E-state index is 15.5. The number of pyridine rings is 1. The van der Waals surface area contributed by atoms with Gasteiger partial charge in [-0.2, -0.15) is 5.10 Å². The van der Waals surface area contributed by atoms with Gasteiger partial charge in [-0.25, -0.2) is 18.7 Å². The predicted octanol–water partition coefficient (Wildman–Crippen LogP) is 6.45. The Morgan fingerprint density at radius 1 is 1.00 bits per heavy atom. The molecule has 3 aromatic heterocycles. The highest BCUT2D eigenvalue weighted by Gasteiger charge is 2.29. The number of benzene rings is 1. The lowest BCUT2D eigenvalue weighted by Gasteiger charge is -2.29. The number of rotatable bonds is 6. The SMILES string of the molecule is CCOC(=O)c1ccc(-c2ccc(-c3cc4nc(C(=O)N5CCCCC[C@H]5C)cc(C5CCC5)n4n3)c(F)c2)nc1. The molecule has 9 heteroatoms. The van der Waals surface area contributed by atoms with E-state index >= 15 is 4.39 Å². The third-order valence-corrected chi connectivity index (χ3v) is 8.33. The van der Waals surface area contributed by atoms with Gasteiger partial charge in [0.15, 0.2) is 5.65 Å². The summed E-state index contributed by atoms with van der Waals surface area (Å²) in [5.41, 5.74) is 4.21. The molecule has 1 aliphatic carbocycles. The number of hydrogen-bond acceptors (Lipinski definition) is 6. The van der Waals surface area contributed by atoms with Gasteiger partial charge in [0.1, 0.15) is 11.5 Å². The average molecular weight is 556 g/mol. The number of fused-ring (bicyclic) bond motifs is 1. The number of halogens is 1. The van der Waals surface area contributed by atoms with Crippen molar-refractivity contribution in [3.63, 3.8) is 0 Å². The van der Waals surface area contributed by atoms with E-state index in [1.807, 2.05) is 11.0 Å². The summed E-state index contributed by atoms with van der Waals surface area (Å²) in [5, 5.41) is 4.76. The monoisotopic (exact) mass is 555 g/mol. The molecule has 4 heterocycles. The molecular formula is C32H34FN5O3. The van der Waals surface area contributed by atoms with Gasteiger partial charge in [0.2, 0.25) is 0 Å². The molecule has 0 radical (unpaired) electrons. The maximum absolute atomic E-state index is 15.5. The molecule has 1 amide bonds. The first-order valence-corrected chi connectivity index (χ1v) is 14.6. The summed E-state index contributed by atoms with van der Waals surface area (Å²) in [5.74, 6) is -0.623. The van der Waals surface area contributed by atoms with Crippen molar-refractivity contribution in [2.75, 3.05) is 13.2 Å². The average Bonchev–Trinajstić information content (AvgIpc) is 3.26. The second-order valence-electron chi connectivity index (χ2n) is 11.0. The number of nitrogens with zero attached hydrogens (tertiary/aromatic N) is 5. The Bertz CT molecular complexity index is 1600. The van der Waals surface area contributed by atoms with Gasteiger partial charge < -0.3 is 9.64 Å². The number of esters is 1. The molecule has 41 heavy (non-hydrogen) atoms. The first-order valence-electron chi connectivity index (χ1n) is 14.6. The molecule has 1 aromatic carbocycles. The van der Waals surface area contributed by atoms with E-state index < -0.39 is 11.8 Å². The van der Waals surface area contributed by atoms with Gasteiger partial charge >= 0.3 is 5.97 Å². The zero-order valence-electron chi connectivity index (χ0n) is 23.5. The highest BCUT2D eigenvalue weighted by Crippen LogP contribution is 2.37. The largest absolute Gasteiger partial charge is 0.462 e. The van der Waals surface area contributed by atoms with Gasteiger partial charge in [0.05, 0.1) is 23.6 Å². The second-order valence-corrected chi connectivity index (χ2v) is 11.0. The van der Waals surface area contributed by atoms with Crippen LogP contribution in [0.4, 0.5) is 4.39 Å². The van der Waals surface area contributed by atoms with Crippen molar-refractivity contribution in [1.82, 2.24) is 24.5 Å². The van der Waals surface area contributed by atoms with Gasteiger partial charge in [-0.1, -0.05) is 25.3 Å². The summed E-state index contributed by atoms with van der Waals surface area (Å²) in [6.45, 7) is 4.88. The molecule has 4 aromatic rings. The van der Waals surface area contributed by atoms with E-state index in [2.05, 4.69) is 11.9 Å². The van der Waals surface area contributed by atoms with Gasteiger partial charge in [0, 0.05) is 47.6 Å². The predicted molar refractivity (Wildman–Crippen MR) is 153 cm³/mol. The van der Waals surface area contributed by atoms with Crippen LogP contribution in [0.25, 0.3) is 28.2 Å². The van der Waals surface area contributed by atoms with E-state index in [9.17, 15) is 9.59 Å². The Morgan fingerprint density at radius 2 is 1.85 bits per heavy atom. The van der Waals surface area contributed by atoms with Crippen molar-refractivity contribution in [2.45, 2.75) is 70.8 Å². The van der Waals surface area contributed by atoms with Gasteiger partial charge in [0.25, 0.3) is 5.91 Å². The number of amides is 1. The maximum Gasteiger partial charge on any atom is 0.339 e. The molecule has 1 aliphatic heterocycles. The molecule has 2 fully saturated rings. The second kappa shape index (κ2) is 11.4. The number of carbonyl (C=O) groups is 2. The minimum Gasteiger partial charge on any atom is -0.462 e. The van der Waals surface area contributed by atoms with Gasteiger partial charge in [-0.15, -0.1) is 0 Å². The number of likely N-dealkylation sites (tertiary alicyclic amines) is 1. The van der Waals surface area contributed by atoms with Crippen molar-refractivity contribution in [2.24, 2.45) is 0 Å². The van der Waals surface area contributed by atoms with Crippen LogP contribution in [0.1, 0.15) is 91.3 Å². The summed E-state index contributed by atoms with van der Waals surface area (Å²) in [7, 11) is 0. The van der Waals surface area contributed by atoms with E-state index in [0.717, 1.165) is 57.2 Å². The molecule has 1 atom stereocenters. The smallest absolute Gasteiger partial charge is 0.339 e. The number of hydrogen-bond donors (Lipinski definition) is 0. The summed E-state index contributed by atoms with van der Waals surface area (Å²) in [4.78, 5) is 36.6. The van der Waals surface area contributed by atoms with Crippen LogP contribution < -0.4 is 0 Å². The van der Waals surface area contributed by atoms with Crippen molar-refractivity contribution in [3.8, 4) is 22.5 Å². The lowest BCUT2D eigenvalue weighted by atomic mass is 9.82. The fourth-order valence-corrected chi connectivity index (χ4v) is 5.74. The molecule has 0 bridgehead atoms. The van der Waals surface area contributed by atoms with E-state index in [1.165, 1.54) is 12.3 Å². The van der Waals surface area contributed by atoms with E-state index in [-0.39, 0.29) is 18.6 Å². The summed E-state index contributed by atoms with van der Waals surface area (Å²) in [6, 6.07) is 12.0. The molecule has 212 valence electrons. The van der Waals surface area contributed by atoms with E-state index in [4.69, 9.17) is 14.8 Å². The Hall–Kier alpha value is -4.14. The highest BCUT2D eigenvalue weighted by atomic mass is 19.1. The fraction of sp³-hybridized carbons (Fsp3) is 0.406. The standard InChI is InChI=1S/C32H34FN5O3/c1-3-41-32(40)23-12-14-26(34-19-23)22-11-13-24(25(33)16-22)27-18-30-35-28(17-29(38(30)36-27)21-9-7-10-21)31(39)37-15-6-4-5-8-20(37)2/h11-14,16-21H,3-10,15H2,1-2H3/t20-/m1/s1. The van der Waals surface area contributed by atoms with Crippen LogP contribution >= 0.6 is 0 Å². The van der Waals surface area contributed by atoms with E-state index in [1.54, 1.807) is 41.8 Å². The molecule has 0 N–H and O–H groups in total. The van der Waals surface area contributed by atoms with Crippen LogP contribution in [0.3, 0.4) is 0 Å². The third kappa shape index (κ3) is 5.33. The molecular weight excluding hydrogens is 521 g/mol. The molecule has 0 unspecified atom stereocenters. The van der Waals surface area contributed by atoms with E-state index in [0.29, 0.717) is 45.3 Å². The summed E-state index contributed by atoms with van der Waals surface area (Å²) in [6.07, 6.45) is 8.92. The van der Waals surface area contributed by atoms with Crippen molar-refractivity contribution >= 4 is 17.5 Å². The molecule has 6 rings (SSSR count). The minimum absolute atomic E-state index is 0.0396. The number of aromatic nitrogens is 4. The van der Waals surface area contributed by atoms with Crippen LogP contribution in [0.15, 0.2) is 48.7 Å². The van der Waals surface area contributed by atoms with Crippen LogP contribution in [0.2, 0.25) is 0 Å². The van der Waals surface area contributed by atoms with Crippen LogP contribution in [0.5, 0.6) is 0 Å². The fourth-order valence-electron chi connectivity index (χ4n) is 5.74. The zero-order valence-corrected chi connectivity index (χ0v) is 23.5. The number of carbonyl (C=O) groups excluding carboxylic acids is 2. The Kier molecular flexibility index (Phi) is 7.51. The first kappa shape index (κ1) is 27.1. The molecule has 1 saturated carbocycles. The summed E-state index contributed by atoms with van der Waals surface area (Å²) >= 11 is 0. The first-order chi connectivity index (χ1) is 19.9. The van der Waals surface area contributed by atoms with Crippen molar-refractivity contribution in [1.29, 1.82) is 0 Å². The molecule has 8 nitrogen and oxygen atoms in total. The zero-order chi connectivity index (χ0) is 28.5. The minimum atomic E-state index is -0.444. The number of ether oxygens (including phenoxy) is 1. The Morgan fingerprint density at radius 3 is 2.56 bits per heavy atom. The highest BCUT2D eigenvalue weighted by molar-refractivity contribution is 5.93. The Labute approximate surface area is 238 Å². The normalized spacial score (nSPS) is 17.7. The van der Waals surface area contributed by atoms with Crippen molar-refractivity contribution < 1.29 is 18.7 Å². The topological polar surface area (TPSA) is 89.7 Å². The molecule has 0 spiro atoms. The lowest BCUT2D eigenvalue weighted by molar-refractivity contribution is 0.0525. The van der Waals surface area contributed by atoms with Crippen LogP contribution in [-0.2, 0) is 4.74 Å². The molecule has 1 saturated heterocycles. The summed E-state index contributed by atoms with van der Waals surface area (Å²) < 4.78 is 22.3. The quantitative estimate of drug-likeness (QED) is 0.254. The van der Waals surface area contributed by atoms with Crippen molar-refractivity contribution in [3.05, 3.63) is 71.4 Å². The van der Waals surface area contributed by atoms with Gasteiger partial charge in [-0.3, -0.25) is 9.78 Å². The van der Waals surface area contributed by atoms with Crippen LogP contribution in [0, 0.1) is 5.82 Å². The third-order valence-electron chi connectivity index (χ3n) is 8.33.